The maximum absolute atomic E-state index is 14.2. The fraction of sp³-hybridized carbons (Fsp3) is 0.103. The Morgan fingerprint density at radius 1 is 0.919 bits per heavy atom. The summed E-state index contributed by atoms with van der Waals surface area (Å²) in [6.45, 7) is 0.575. The van der Waals surface area contributed by atoms with E-state index in [1.807, 2.05) is 34.9 Å². The van der Waals surface area contributed by atoms with Crippen LogP contribution in [0.25, 0.3) is 22.4 Å². The monoisotopic (exact) mass is 518 g/mol. The van der Waals surface area contributed by atoms with Crippen molar-refractivity contribution in [2.75, 3.05) is 7.11 Å². The summed E-state index contributed by atoms with van der Waals surface area (Å²) < 4.78 is 41.0. The standard InChI is InChI=1S/C29H21ClF2N2O3/c1-36-29(35)20-9-7-19(8-10-20)17-37-27-13-21(30)11-12-22(27)28-33-25-14-23(31)24(32)15-26(25)34(28)16-18-5-3-2-4-6-18/h2-15H,16-17H2,1H3. The van der Waals surface area contributed by atoms with Gasteiger partial charge in [0.15, 0.2) is 11.6 Å². The number of hydrogen-bond acceptors (Lipinski definition) is 4. The molecular formula is C29H21ClF2N2O3. The van der Waals surface area contributed by atoms with E-state index in [0.717, 1.165) is 23.3 Å². The number of halogens is 3. The first-order valence-electron chi connectivity index (χ1n) is 11.4. The molecule has 0 unspecified atom stereocenters. The maximum Gasteiger partial charge on any atom is 0.337 e. The van der Waals surface area contributed by atoms with Crippen LogP contribution < -0.4 is 4.74 Å². The van der Waals surface area contributed by atoms with E-state index in [9.17, 15) is 13.6 Å². The molecule has 0 spiro atoms. The Balaban J connectivity index is 1.55. The quantitative estimate of drug-likeness (QED) is 0.217. The second kappa shape index (κ2) is 10.4. The SMILES string of the molecule is COC(=O)c1ccc(COc2cc(Cl)ccc2-c2nc3cc(F)c(F)cc3n2Cc2ccccc2)cc1. The van der Waals surface area contributed by atoms with Gasteiger partial charge in [0.1, 0.15) is 18.2 Å². The number of fused-ring (bicyclic) bond motifs is 1. The molecule has 0 atom stereocenters. The highest BCUT2D eigenvalue weighted by Gasteiger charge is 2.19. The van der Waals surface area contributed by atoms with Gasteiger partial charge in [-0.15, -0.1) is 0 Å². The highest BCUT2D eigenvalue weighted by atomic mass is 35.5. The first-order valence-corrected chi connectivity index (χ1v) is 11.8. The highest BCUT2D eigenvalue weighted by molar-refractivity contribution is 6.30. The van der Waals surface area contributed by atoms with E-state index >= 15 is 0 Å². The van der Waals surface area contributed by atoms with Gasteiger partial charge in [0, 0.05) is 23.7 Å². The molecule has 5 nitrogen and oxygen atoms in total. The summed E-state index contributed by atoms with van der Waals surface area (Å²) in [7, 11) is 1.33. The molecule has 0 aliphatic heterocycles. The number of carbonyl (C=O) groups excluding carboxylic acids is 1. The van der Waals surface area contributed by atoms with Crippen LogP contribution in [0.1, 0.15) is 21.5 Å². The van der Waals surface area contributed by atoms with E-state index in [0.29, 0.717) is 45.3 Å². The Kier molecular flexibility index (Phi) is 6.88. The van der Waals surface area contributed by atoms with Gasteiger partial charge in [-0.1, -0.05) is 54.1 Å². The molecule has 37 heavy (non-hydrogen) atoms. The molecule has 1 heterocycles. The average Bonchev–Trinajstić information content (AvgIpc) is 3.24. The van der Waals surface area contributed by atoms with Crippen LogP contribution in [-0.2, 0) is 17.9 Å². The lowest BCUT2D eigenvalue weighted by atomic mass is 10.1. The third-order valence-electron chi connectivity index (χ3n) is 5.93. The van der Waals surface area contributed by atoms with Crippen LogP contribution in [0.4, 0.5) is 8.78 Å². The fourth-order valence-corrected chi connectivity index (χ4v) is 4.23. The van der Waals surface area contributed by atoms with E-state index < -0.39 is 17.6 Å². The van der Waals surface area contributed by atoms with Crippen LogP contribution in [0.2, 0.25) is 5.02 Å². The van der Waals surface area contributed by atoms with Gasteiger partial charge < -0.3 is 14.0 Å². The van der Waals surface area contributed by atoms with E-state index in [1.54, 1.807) is 42.5 Å². The van der Waals surface area contributed by atoms with Crippen LogP contribution in [0, 0.1) is 11.6 Å². The number of ether oxygens (including phenoxy) is 2. The van der Waals surface area contributed by atoms with Gasteiger partial charge in [-0.3, -0.25) is 0 Å². The number of imidazole rings is 1. The molecule has 0 saturated carbocycles. The van der Waals surface area contributed by atoms with Crippen molar-refractivity contribution >= 4 is 28.6 Å². The number of aromatic nitrogens is 2. The van der Waals surface area contributed by atoms with Gasteiger partial charge >= 0.3 is 5.97 Å². The normalized spacial score (nSPS) is 11.0. The Bertz CT molecular complexity index is 1590. The van der Waals surface area contributed by atoms with Gasteiger partial charge in [0.05, 0.1) is 29.3 Å². The van der Waals surface area contributed by atoms with Crippen LogP contribution in [-0.4, -0.2) is 22.6 Å². The minimum atomic E-state index is -0.966. The molecule has 0 radical (unpaired) electrons. The summed E-state index contributed by atoms with van der Waals surface area (Å²) in [4.78, 5) is 16.3. The van der Waals surface area contributed by atoms with Gasteiger partial charge in [0.2, 0.25) is 0 Å². The average molecular weight is 519 g/mol. The summed E-state index contributed by atoms with van der Waals surface area (Å²) >= 11 is 6.29. The zero-order valence-electron chi connectivity index (χ0n) is 19.8. The summed E-state index contributed by atoms with van der Waals surface area (Å²) in [6.07, 6.45) is 0. The molecule has 0 amide bonds. The van der Waals surface area contributed by atoms with Gasteiger partial charge in [-0.2, -0.15) is 0 Å². The Morgan fingerprint density at radius 3 is 2.38 bits per heavy atom. The molecular weight excluding hydrogens is 498 g/mol. The molecule has 4 aromatic carbocycles. The molecule has 8 heteroatoms. The summed E-state index contributed by atoms with van der Waals surface area (Å²) in [5.41, 5.74) is 3.61. The van der Waals surface area contributed by atoms with Crippen LogP contribution in [0.5, 0.6) is 5.75 Å². The minimum absolute atomic E-state index is 0.191. The molecule has 0 fully saturated rings. The number of esters is 1. The first kappa shape index (κ1) is 24.5. The van der Waals surface area contributed by atoms with Crippen molar-refractivity contribution < 1.29 is 23.0 Å². The van der Waals surface area contributed by atoms with Crippen molar-refractivity contribution in [2.45, 2.75) is 13.2 Å². The predicted molar refractivity (Wildman–Crippen MR) is 138 cm³/mol. The van der Waals surface area contributed by atoms with E-state index in [-0.39, 0.29) is 6.61 Å². The third kappa shape index (κ3) is 5.17. The second-order valence-corrected chi connectivity index (χ2v) is 8.82. The van der Waals surface area contributed by atoms with Crippen molar-refractivity contribution in [3.63, 3.8) is 0 Å². The summed E-state index contributed by atoms with van der Waals surface area (Å²) in [6, 6.07) is 23.9. The number of rotatable bonds is 7. The van der Waals surface area contributed by atoms with Gasteiger partial charge in [-0.05, 0) is 41.5 Å². The zero-order valence-corrected chi connectivity index (χ0v) is 20.5. The lowest BCUT2D eigenvalue weighted by molar-refractivity contribution is 0.0600. The zero-order chi connectivity index (χ0) is 25.9. The van der Waals surface area contributed by atoms with Crippen molar-refractivity contribution in [1.82, 2.24) is 9.55 Å². The van der Waals surface area contributed by atoms with Crippen molar-refractivity contribution in [1.29, 1.82) is 0 Å². The summed E-state index contributed by atoms with van der Waals surface area (Å²) in [5.74, 6) is -1.40. The Morgan fingerprint density at radius 2 is 1.65 bits per heavy atom. The number of carbonyl (C=O) groups is 1. The lowest BCUT2D eigenvalue weighted by Crippen LogP contribution is -2.05. The molecule has 0 saturated heterocycles. The van der Waals surface area contributed by atoms with Crippen LogP contribution in [0.3, 0.4) is 0 Å². The molecule has 0 aliphatic carbocycles. The van der Waals surface area contributed by atoms with E-state index in [2.05, 4.69) is 4.98 Å². The molecule has 0 N–H and O–H groups in total. The Labute approximate surface area is 216 Å². The van der Waals surface area contributed by atoms with Crippen molar-refractivity contribution in [3.05, 3.63) is 118 Å². The number of benzene rings is 4. The minimum Gasteiger partial charge on any atom is -0.488 e. The number of hydrogen-bond donors (Lipinski definition) is 0. The maximum atomic E-state index is 14.2. The molecule has 1 aromatic heterocycles. The van der Waals surface area contributed by atoms with Crippen molar-refractivity contribution in [3.8, 4) is 17.1 Å². The molecule has 186 valence electrons. The predicted octanol–water partition coefficient (Wildman–Crippen LogP) is 7.05. The molecule has 0 aliphatic rings. The van der Waals surface area contributed by atoms with Gasteiger partial charge in [-0.25, -0.2) is 18.6 Å². The summed E-state index contributed by atoms with van der Waals surface area (Å²) in [5, 5.41) is 0.461. The Hall–Kier alpha value is -4.23. The largest absolute Gasteiger partial charge is 0.488 e. The molecule has 5 aromatic rings. The van der Waals surface area contributed by atoms with Crippen LogP contribution >= 0.6 is 11.6 Å². The second-order valence-electron chi connectivity index (χ2n) is 8.38. The number of nitrogens with zero attached hydrogens (tertiary/aromatic N) is 2. The molecule has 5 rings (SSSR count). The third-order valence-corrected chi connectivity index (χ3v) is 6.16. The number of methoxy groups -OCH3 is 1. The van der Waals surface area contributed by atoms with Crippen molar-refractivity contribution in [2.24, 2.45) is 0 Å². The smallest absolute Gasteiger partial charge is 0.337 e. The highest BCUT2D eigenvalue weighted by Crippen LogP contribution is 2.35. The topological polar surface area (TPSA) is 53.4 Å². The van der Waals surface area contributed by atoms with Gasteiger partial charge in [0.25, 0.3) is 0 Å². The lowest BCUT2D eigenvalue weighted by Gasteiger charge is -2.15. The first-order chi connectivity index (χ1) is 17.9. The fourth-order valence-electron chi connectivity index (χ4n) is 4.07. The van der Waals surface area contributed by atoms with Crippen LogP contribution in [0.15, 0.2) is 84.9 Å². The van der Waals surface area contributed by atoms with E-state index in [4.69, 9.17) is 21.1 Å². The van der Waals surface area contributed by atoms with E-state index in [1.165, 1.54) is 7.11 Å². The molecule has 0 bridgehead atoms.